The maximum atomic E-state index is 13.4. The lowest BCUT2D eigenvalue weighted by molar-refractivity contribution is -0.656. The van der Waals surface area contributed by atoms with E-state index in [2.05, 4.69) is 10.3 Å². The predicted molar refractivity (Wildman–Crippen MR) is 100 cm³/mol. The van der Waals surface area contributed by atoms with E-state index in [0.29, 0.717) is 27.6 Å². The number of aromatic nitrogens is 3. The zero-order chi connectivity index (χ0) is 20.5. The second-order valence-corrected chi connectivity index (χ2v) is 6.72. The first kappa shape index (κ1) is 20.3. The number of hydrogen-bond acceptors (Lipinski definition) is 3. The topological polar surface area (TPSA) is 43.0 Å². The summed E-state index contributed by atoms with van der Waals surface area (Å²) in [6, 6.07) is 7.25. The standard InChI is InChI=1S/C18H15Cl2F3N4O/c1-26-10-15(28-2)27(9-14-11(18(21,22)23)5-4-8-24-14)17(26)25-16-12(19)6-3-7-13(16)20/h3-8,10H,9H2,1-2H3/p+1. The number of anilines is 2. The third-order valence-electron chi connectivity index (χ3n) is 4.07. The van der Waals surface area contributed by atoms with Gasteiger partial charge in [-0.2, -0.15) is 17.7 Å². The molecule has 28 heavy (non-hydrogen) atoms. The number of rotatable bonds is 5. The fourth-order valence-corrected chi connectivity index (χ4v) is 3.26. The summed E-state index contributed by atoms with van der Waals surface area (Å²) in [5.74, 6) is 0.762. The van der Waals surface area contributed by atoms with Crippen LogP contribution in [0.5, 0.6) is 5.88 Å². The van der Waals surface area contributed by atoms with Gasteiger partial charge in [-0.3, -0.25) is 4.98 Å². The molecule has 0 radical (unpaired) electrons. The second kappa shape index (κ2) is 7.89. The van der Waals surface area contributed by atoms with E-state index in [1.54, 1.807) is 36.0 Å². The van der Waals surface area contributed by atoms with E-state index >= 15 is 0 Å². The SMILES string of the molecule is COc1c[n+](C)c(Nc2c(Cl)cccc2Cl)n1Cc1ncccc1C(F)(F)F. The van der Waals surface area contributed by atoms with Gasteiger partial charge in [0.25, 0.3) is 5.88 Å². The molecule has 10 heteroatoms. The van der Waals surface area contributed by atoms with Gasteiger partial charge in [0.05, 0.1) is 35.5 Å². The number of pyridine rings is 1. The number of benzene rings is 1. The molecule has 0 aliphatic heterocycles. The van der Waals surface area contributed by atoms with Gasteiger partial charge in [0.15, 0.2) is 0 Å². The van der Waals surface area contributed by atoms with Crippen molar-refractivity contribution < 1.29 is 22.5 Å². The zero-order valence-corrected chi connectivity index (χ0v) is 16.4. The van der Waals surface area contributed by atoms with Crippen molar-refractivity contribution in [2.45, 2.75) is 12.7 Å². The van der Waals surface area contributed by atoms with Crippen LogP contribution >= 0.6 is 23.2 Å². The van der Waals surface area contributed by atoms with E-state index in [9.17, 15) is 13.2 Å². The molecule has 0 unspecified atom stereocenters. The maximum absolute atomic E-state index is 13.4. The third kappa shape index (κ3) is 4.02. The van der Waals surface area contributed by atoms with Crippen LogP contribution in [-0.2, 0) is 19.8 Å². The fourth-order valence-electron chi connectivity index (χ4n) is 2.76. The Labute approximate surface area is 169 Å². The highest BCUT2D eigenvalue weighted by Crippen LogP contribution is 2.34. The first-order valence-electron chi connectivity index (χ1n) is 8.07. The Bertz CT molecular complexity index is 985. The summed E-state index contributed by atoms with van der Waals surface area (Å²) in [6.45, 7) is -0.176. The Morgan fingerprint density at radius 1 is 1.18 bits per heavy atom. The van der Waals surface area contributed by atoms with Crippen molar-refractivity contribution in [3.05, 3.63) is 64.0 Å². The van der Waals surface area contributed by atoms with Crippen LogP contribution in [0.1, 0.15) is 11.3 Å². The minimum absolute atomic E-state index is 0.141. The minimum Gasteiger partial charge on any atom is -0.469 e. The van der Waals surface area contributed by atoms with Gasteiger partial charge < -0.3 is 4.74 Å². The first-order chi connectivity index (χ1) is 13.2. The smallest absolute Gasteiger partial charge is 0.418 e. The van der Waals surface area contributed by atoms with E-state index in [-0.39, 0.29) is 12.2 Å². The molecule has 2 heterocycles. The summed E-state index contributed by atoms with van der Waals surface area (Å²) in [5, 5.41) is 3.82. The van der Waals surface area contributed by atoms with Crippen LogP contribution in [0.15, 0.2) is 42.7 Å². The number of methoxy groups -OCH3 is 1. The van der Waals surface area contributed by atoms with Crippen LogP contribution in [0.4, 0.5) is 24.8 Å². The van der Waals surface area contributed by atoms with Crippen LogP contribution in [0.25, 0.3) is 0 Å². The van der Waals surface area contributed by atoms with Crippen molar-refractivity contribution in [3.8, 4) is 5.88 Å². The highest BCUT2D eigenvalue weighted by Gasteiger charge is 2.35. The van der Waals surface area contributed by atoms with Crippen LogP contribution in [0.2, 0.25) is 10.0 Å². The van der Waals surface area contributed by atoms with Gasteiger partial charge in [-0.15, -0.1) is 0 Å². The number of alkyl halides is 3. The quantitative estimate of drug-likeness (QED) is 0.588. The number of nitrogens with zero attached hydrogens (tertiary/aromatic N) is 3. The van der Waals surface area contributed by atoms with Crippen molar-refractivity contribution in [3.63, 3.8) is 0 Å². The summed E-state index contributed by atoms with van der Waals surface area (Å²) in [4.78, 5) is 3.92. The molecular formula is C18H16Cl2F3N4O+. The molecule has 3 rings (SSSR count). The molecule has 2 aromatic heterocycles. The van der Waals surface area contributed by atoms with Crippen molar-refractivity contribution in [1.29, 1.82) is 0 Å². The van der Waals surface area contributed by atoms with Crippen molar-refractivity contribution >= 4 is 34.8 Å². The van der Waals surface area contributed by atoms with Crippen molar-refractivity contribution in [1.82, 2.24) is 9.55 Å². The molecule has 0 aliphatic rings. The van der Waals surface area contributed by atoms with E-state index in [0.717, 1.165) is 6.07 Å². The number of halogens is 5. The monoisotopic (exact) mass is 431 g/mol. The minimum atomic E-state index is -4.52. The molecular weight excluding hydrogens is 416 g/mol. The lowest BCUT2D eigenvalue weighted by Gasteiger charge is -2.13. The van der Waals surface area contributed by atoms with Crippen LogP contribution < -0.4 is 14.6 Å². The van der Waals surface area contributed by atoms with Gasteiger partial charge in [-0.25, -0.2) is 9.88 Å². The van der Waals surface area contributed by atoms with Gasteiger partial charge in [-0.1, -0.05) is 29.3 Å². The molecule has 0 bridgehead atoms. The van der Waals surface area contributed by atoms with Crippen molar-refractivity contribution in [2.75, 3.05) is 12.4 Å². The first-order valence-corrected chi connectivity index (χ1v) is 8.83. The summed E-state index contributed by atoms with van der Waals surface area (Å²) >= 11 is 12.4. The molecule has 0 saturated heterocycles. The largest absolute Gasteiger partial charge is 0.469 e. The molecule has 0 amide bonds. The fraction of sp³-hybridized carbons (Fsp3) is 0.222. The zero-order valence-electron chi connectivity index (χ0n) is 14.9. The molecule has 0 fully saturated rings. The molecule has 1 N–H and O–H groups in total. The second-order valence-electron chi connectivity index (χ2n) is 5.91. The summed E-state index contributed by atoms with van der Waals surface area (Å²) in [6.07, 6.45) is -1.58. The highest BCUT2D eigenvalue weighted by molar-refractivity contribution is 6.39. The van der Waals surface area contributed by atoms with E-state index in [4.69, 9.17) is 27.9 Å². The average Bonchev–Trinajstić information content (AvgIpc) is 2.93. The molecule has 148 valence electrons. The molecule has 0 atom stereocenters. The number of ether oxygens (including phenoxy) is 1. The average molecular weight is 432 g/mol. The molecule has 0 spiro atoms. The van der Waals surface area contributed by atoms with E-state index in [1.807, 2.05) is 0 Å². The van der Waals surface area contributed by atoms with E-state index in [1.165, 1.54) is 23.9 Å². The molecule has 0 aliphatic carbocycles. The normalized spacial score (nSPS) is 11.5. The lowest BCUT2D eigenvalue weighted by Crippen LogP contribution is -2.30. The van der Waals surface area contributed by atoms with E-state index < -0.39 is 11.7 Å². The highest BCUT2D eigenvalue weighted by atomic mass is 35.5. The Balaban J connectivity index is 2.08. The predicted octanol–water partition coefficient (Wildman–Crippen LogP) is 4.83. The summed E-state index contributed by atoms with van der Waals surface area (Å²) in [5.41, 5.74) is -0.520. The van der Waals surface area contributed by atoms with Crippen LogP contribution in [-0.4, -0.2) is 16.7 Å². The Kier molecular flexibility index (Phi) is 5.71. The number of hydrogen-bond donors (Lipinski definition) is 1. The van der Waals surface area contributed by atoms with Gasteiger partial charge in [0.1, 0.15) is 18.4 Å². The Morgan fingerprint density at radius 2 is 1.86 bits per heavy atom. The molecule has 0 saturated carbocycles. The molecule has 3 aromatic rings. The number of nitrogens with one attached hydrogen (secondary N) is 1. The Morgan fingerprint density at radius 3 is 2.46 bits per heavy atom. The van der Waals surface area contributed by atoms with Crippen LogP contribution in [0, 0.1) is 0 Å². The van der Waals surface area contributed by atoms with Gasteiger partial charge in [-0.05, 0) is 24.3 Å². The number of imidazole rings is 1. The Hall–Kier alpha value is -2.45. The van der Waals surface area contributed by atoms with Gasteiger partial charge in [0.2, 0.25) is 0 Å². The van der Waals surface area contributed by atoms with Crippen LogP contribution in [0.3, 0.4) is 0 Å². The van der Waals surface area contributed by atoms with Gasteiger partial charge in [0, 0.05) is 6.20 Å². The maximum Gasteiger partial charge on any atom is 0.418 e. The van der Waals surface area contributed by atoms with Gasteiger partial charge >= 0.3 is 12.1 Å². The molecule has 1 aromatic carbocycles. The number of aryl methyl sites for hydroxylation is 1. The molecule has 5 nitrogen and oxygen atoms in total. The summed E-state index contributed by atoms with van der Waals surface area (Å²) in [7, 11) is 3.15. The lowest BCUT2D eigenvalue weighted by atomic mass is 10.2. The van der Waals surface area contributed by atoms with Crippen molar-refractivity contribution in [2.24, 2.45) is 7.05 Å². The summed E-state index contributed by atoms with van der Waals surface area (Å²) < 4.78 is 48.6. The third-order valence-corrected chi connectivity index (χ3v) is 4.70. The number of para-hydroxylation sites is 1.